The van der Waals surface area contributed by atoms with Gasteiger partial charge in [0.05, 0.1) is 6.54 Å². The van der Waals surface area contributed by atoms with Crippen LogP contribution in [0.4, 0.5) is 0 Å². The average Bonchev–Trinajstić information content (AvgIpc) is 2.26. The van der Waals surface area contributed by atoms with Crippen molar-refractivity contribution in [3.63, 3.8) is 0 Å². The summed E-state index contributed by atoms with van der Waals surface area (Å²) in [6, 6.07) is 8.14. The highest BCUT2D eigenvalue weighted by Gasteiger charge is 2.15. The number of likely N-dealkylation sites (N-methyl/N-ethyl adjacent to an activating group) is 1. The molecule has 1 aromatic rings. The number of amides is 1. The summed E-state index contributed by atoms with van der Waals surface area (Å²) in [7, 11) is 1.94. The highest BCUT2D eigenvalue weighted by atomic mass is 16.2. The van der Waals surface area contributed by atoms with Crippen molar-refractivity contribution in [2.24, 2.45) is 5.73 Å². The maximum atomic E-state index is 11.8. The minimum Gasteiger partial charge on any atom is -0.350 e. The van der Waals surface area contributed by atoms with Gasteiger partial charge < -0.3 is 11.1 Å². The fourth-order valence-corrected chi connectivity index (χ4v) is 1.93. The number of benzene rings is 1. The van der Waals surface area contributed by atoms with Crippen molar-refractivity contribution >= 4 is 5.91 Å². The SMILES string of the molecule is CN(CC(=O)NC(C)(C)C)Cc1cccc(CN)c1. The van der Waals surface area contributed by atoms with Crippen LogP contribution in [-0.4, -0.2) is 29.9 Å². The van der Waals surface area contributed by atoms with Gasteiger partial charge in [-0.15, -0.1) is 0 Å². The van der Waals surface area contributed by atoms with Gasteiger partial charge in [0, 0.05) is 18.6 Å². The molecule has 0 saturated carbocycles. The molecule has 0 saturated heterocycles. The predicted octanol–water partition coefficient (Wildman–Crippen LogP) is 1.49. The Labute approximate surface area is 116 Å². The van der Waals surface area contributed by atoms with Gasteiger partial charge in [-0.25, -0.2) is 0 Å². The Kier molecular flexibility index (Phi) is 5.51. The highest BCUT2D eigenvalue weighted by Crippen LogP contribution is 2.07. The van der Waals surface area contributed by atoms with E-state index in [4.69, 9.17) is 5.73 Å². The summed E-state index contributed by atoms with van der Waals surface area (Å²) in [6.45, 7) is 7.62. The number of carbonyl (C=O) groups is 1. The largest absolute Gasteiger partial charge is 0.350 e. The molecule has 1 amide bonds. The van der Waals surface area contributed by atoms with Crippen molar-refractivity contribution < 1.29 is 4.79 Å². The van der Waals surface area contributed by atoms with Crippen LogP contribution in [0.15, 0.2) is 24.3 Å². The van der Waals surface area contributed by atoms with E-state index in [-0.39, 0.29) is 11.4 Å². The van der Waals surface area contributed by atoms with E-state index in [1.807, 2.05) is 44.9 Å². The van der Waals surface area contributed by atoms with Gasteiger partial charge in [0.25, 0.3) is 0 Å². The topological polar surface area (TPSA) is 58.4 Å². The molecule has 0 fully saturated rings. The predicted molar refractivity (Wildman–Crippen MR) is 78.6 cm³/mol. The van der Waals surface area contributed by atoms with E-state index >= 15 is 0 Å². The molecule has 19 heavy (non-hydrogen) atoms. The first-order valence-electron chi connectivity index (χ1n) is 6.57. The van der Waals surface area contributed by atoms with E-state index in [9.17, 15) is 4.79 Å². The molecule has 0 atom stereocenters. The molecule has 4 heteroatoms. The van der Waals surface area contributed by atoms with E-state index in [1.54, 1.807) is 0 Å². The first-order chi connectivity index (χ1) is 8.80. The molecular weight excluding hydrogens is 238 g/mol. The molecule has 0 radical (unpaired) electrons. The molecule has 1 aromatic carbocycles. The van der Waals surface area contributed by atoms with Crippen LogP contribution in [0.5, 0.6) is 0 Å². The molecule has 4 nitrogen and oxygen atoms in total. The van der Waals surface area contributed by atoms with Crippen LogP contribution < -0.4 is 11.1 Å². The van der Waals surface area contributed by atoms with Crippen LogP contribution in [0.25, 0.3) is 0 Å². The Bertz CT molecular complexity index is 424. The zero-order valence-corrected chi connectivity index (χ0v) is 12.4. The smallest absolute Gasteiger partial charge is 0.234 e. The molecule has 0 aliphatic heterocycles. The molecule has 0 heterocycles. The molecule has 3 N–H and O–H groups in total. The minimum absolute atomic E-state index is 0.0463. The van der Waals surface area contributed by atoms with Gasteiger partial charge in [0.15, 0.2) is 0 Å². The number of rotatable bonds is 5. The highest BCUT2D eigenvalue weighted by molar-refractivity contribution is 5.78. The maximum Gasteiger partial charge on any atom is 0.234 e. The van der Waals surface area contributed by atoms with E-state index in [0.29, 0.717) is 13.1 Å². The summed E-state index contributed by atoms with van der Waals surface area (Å²) in [6.07, 6.45) is 0. The number of nitrogens with two attached hydrogens (primary N) is 1. The van der Waals surface area contributed by atoms with Gasteiger partial charge in [-0.2, -0.15) is 0 Å². The van der Waals surface area contributed by atoms with E-state index < -0.39 is 0 Å². The van der Waals surface area contributed by atoms with Crippen LogP contribution in [0.3, 0.4) is 0 Å². The zero-order chi connectivity index (χ0) is 14.5. The number of nitrogens with zero attached hydrogens (tertiary/aromatic N) is 1. The molecular formula is C15H25N3O. The van der Waals surface area contributed by atoms with E-state index in [1.165, 1.54) is 5.56 Å². The van der Waals surface area contributed by atoms with Crippen molar-refractivity contribution in [3.8, 4) is 0 Å². The third kappa shape index (κ3) is 6.36. The molecule has 0 spiro atoms. The number of hydrogen-bond acceptors (Lipinski definition) is 3. The minimum atomic E-state index is -0.183. The Morgan fingerprint density at radius 2 is 1.95 bits per heavy atom. The second-order valence-corrected chi connectivity index (χ2v) is 5.99. The van der Waals surface area contributed by atoms with Gasteiger partial charge in [-0.3, -0.25) is 9.69 Å². The lowest BCUT2D eigenvalue weighted by atomic mass is 10.1. The average molecular weight is 263 g/mol. The quantitative estimate of drug-likeness (QED) is 0.846. The molecule has 0 aliphatic carbocycles. The summed E-state index contributed by atoms with van der Waals surface area (Å²) in [5, 5.41) is 2.96. The van der Waals surface area contributed by atoms with Crippen molar-refractivity contribution in [1.82, 2.24) is 10.2 Å². The Morgan fingerprint density at radius 3 is 2.53 bits per heavy atom. The monoisotopic (exact) mass is 263 g/mol. The molecule has 0 unspecified atom stereocenters. The summed E-state index contributed by atoms with van der Waals surface area (Å²) < 4.78 is 0. The van der Waals surface area contributed by atoms with E-state index in [0.717, 1.165) is 12.1 Å². The van der Waals surface area contributed by atoms with Gasteiger partial charge in [0.2, 0.25) is 5.91 Å². The third-order valence-electron chi connectivity index (χ3n) is 2.61. The lowest BCUT2D eigenvalue weighted by Crippen LogP contribution is -2.45. The second kappa shape index (κ2) is 6.68. The zero-order valence-electron chi connectivity index (χ0n) is 12.4. The standard InChI is InChI=1S/C15H25N3O/c1-15(2,3)17-14(19)11-18(4)10-13-7-5-6-12(8-13)9-16/h5-8H,9-11,16H2,1-4H3,(H,17,19). The second-order valence-electron chi connectivity index (χ2n) is 5.99. The molecule has 106 valence electrons. The number of hydrogen-bond donors (Lipinski definition) is 2. The first kappa shape index (κ1) is 15.7. The number of carbonyl (C=O) groups excluding carboxylic acids is 1. The van der Waals surface area contributed by atoms with Crippen LogP contribution >= 0.6 is 0 Å². The maximum absolute atomic E-state index is 11.8. The third-order valence-corrected chi connectivity index (χ3v) is 2.61. The lowest BCUT2D eigenvalue weighted by Gasteiger charge is -2.23. The summed E-state index contributed by atoms with van der Waals surface area (Å²) in [5.74, 6) is 0.0463. The molecule has 1 rings (SSSR count). The summed E-state index contributed by atoms with van der Waals surface area (Å²) in [4.78, 5) is 13.8. The van der Waals surface area contributed by atoms with Crippen LogP contribution in [0.1, 0.15) is 31.9 Å². The van der Waals surface area contributed by atoms with Crippen molar-refractivity contribution in [1.29, 1.82) is 0 Å². The Morgan fingerprint density at radius 1 is 1.32 bits per heavy atom. The van der Waals surface area contributed by atoms with Gasteiger partial charge >= 0.3 is 0 Å². The molecule has 0 bridgehead atoms. The normalized spacial score (nSPS) is 11.7. The van der Waals surface area contributed by atoms with Crippen LogP contribution in [0, 0.1) is 0 Å². The summed E-state index contributed by atoms with van der Waals surface area (Å²) >= 11 is 0. The van der Waals surface area contributed by atoms with Crippen LogP contribution in [0.2, 0.25) is 0 Å². The molecule has 0 aliphatic rings. The van der Waals surface area contributed by atoms with Crippen molar-refractivity contribution in [2.45, 2.75) is 39.4 Å². The fraction of sp³-hybridized carbons (Fsp3) is 0.533. The summed E-state index contributed by atoms with van der Waals surface area (Å²) in [5.41, 5.74) is 7.73. The fourth-order valence-electron chi connectivity index (χ4n) is 1.93. The van der Waals surface area contributed by atoms with Gasteiger partial charge in [-0.1, -0.05) is 24.3 Å². The lowest BCUT2D eigenvalue weighted by molar-refractivity contribution is -0.123. The van der Waals surface area contributed by atoms with Crippen LogP contribution in [-0.2, 0) is 17.9 Å². The Hall–Kier alpha value is -1.39. The first-order valence-corrected chi connectivity index (χ1v) is 6.57. The molecule has 0 aromatic heterocycles. The number of nitrogens with one attached hydrogen (secondary N) is 1. The van der Waals surface area contributed by atoms with Gasteiger partial charge in [-0.05, 0) is 38.9 Å². The van der Waals surface area contributed by atoms with E-state index in [2.05, 4.69) is 17.4 Å². The Balaban J connectivity index is 2.50. The van der Waals surface area contributed by atoms with Gasteiger partial charge in [0.1, 0.15) is 0 Å². The van der Waals surface area contributed by atoms with Crippen molar-refractivity contribution in [2.75, 3.05) is 13.6 Å². The van der Waals surface area contributed by atoms with Crippen molar-refractivity contribution in [3.05, 3.63) is 35.4 Å².